The van der Waals surface area contributed by atoms with Crippen molar-refractivity contribution in [2.24, 2.45) is 11.8 Å². The van der Waals surface area contributed by atoms with Gasteiger partial charge in [-0.3, -0.25) is 0 Å². The van der Waals surface area contributed by atoms with Crippen molar-refractivity contribution in [3.63, 3.8) is 0 Å². The van der Waals surface area contributed by atoms with Crippen LogP contribution >= 0.6 is 15.9 Å². The third kappa shape index (κ3) is 7.69. The van der Waals surface area contributed by atoms with Crippen molar-refractivity contribution in [3.05, 3.63) is 33.7 Å². The predicted molar refractivity (Wildman–Crippen MR) is 119 cm³/mol. The summed E-state index contributed by atoms with van der Waals surface area (Å²) in [5, 5.41) is 2.61. The summed E-state index contributed by atoms with van der Waals surface area (Å²) in [7, 11) is 0. The zero-order chi connectivity index (χ0) is 18.7. The van der Waals surface area contributed by atoms with Gasteiger partial charge in [-0.15, -0.1) is 0 Å². The van der Waals surface area contributed by atoms with Gasteiger partial charge in [0.1, 0.15) is 0 Å². The maximum absolute atomic E-state index is 4.39. The zero-order valence-corrected chi connectivity index (χ0v) is 18.6. The Bertz CT molecular complexity index is 587. The van der Waals surface area contributed by atoms with Crippen molar-refractivity contribution in [1.29, 1.82) is 0 Å². The minimum absolute atomic E-state index is 0.794. The smallest absolute Gasteiger partial charge is 0.0113 e. The van der Waals surface area contributed by atoms with E-state index in [0.717, 1.165) is 11.8 Å². The Hall–Kier alpha value is -0.560. The second-order valence-corrected chi connectivity index (χ2v) is 8.13. The van der Waals surface area contributed by atoms with Gasteiger partial charge in [-0.1, -0.05) is 114 Å². The Labute approximate surface area is 164 Å². The topological polar surface area (TPSA) is 0 Å². The molecule has 0 radical (unpaired) electrons. The molecule has 0 aromatic heterocycles. The molecule has 25 heavy (non-hydrogen) atoms. The molecule has 0 bridgehead atoms. The summed E-state index contributed by atoms with van der Waals surface area (Å²) < 4.78 is 0. The molecule has 0 amide bonds. The number of unbranched alkanes of at least 4 members (excludes halogenated alkanes) is 2. The molecule has 0 spiro atoms. The summed E-state index contributed by atoms with van der Waals surface area (Å²) in [5.41, 5.74) is 2.91. The first kappa shape index (κ1) is 22.5. The van der Waals surface area contributed by atoms with Gasteiger partial charge in [-0.25, -0.2) is 0 Å². The van der Waals surface area contributed by atoms with Crippen molar-refractivity contribution in [2.75, 3.05) is 0 Å². The Morgan fingerprint density at radius 1 is 0.880 bits per heavy atom. The highest BCUT2D eigenvalue weighted by Crippen LogP contribution is 2.19. The molecule has 0 heterocycles. The molecule has 0 fully saturated rings. The normalized spacial score (nSPS) is 14.7. The third-order valence-corrected chi connectivity index (χ3v) is 6.18. The van der Waals surface area contributed by atoms with Crippen LogP contribution in [0.1, 0.15) is 90.2 Å². The molecule has 1 heteroatoms. The minimum atomic E-state index is 0.794. The van der Waals surface area contributed by atoms with Gasteiger partial charge in [0, 0.05) is 0 Å². The fourth-order valence-corrected chi connectivity index (χ4v) is 4.16. The SMILES string of the molecule is C=c1cc(CC(CC)CCCC)/c(=C/Br)cc1CC(CC)CCCC. The second kappa shape index (κ2) is 12.7. The average Bonchev–Trinajstić information content (AvgIpc) is 2.63. The van der Waals surface area contributed by atoms with Gasteiger partial charge in [0.25, 0.3) is 0 Å². The molecule has 0 aliphatic heterocycles. The van der Waals surface area contributed by atoms with Crippen LogP contribution < -0.4 is 10.4 Å². The summed E-state index contributed by atoms with van der Waals surface area (Å²) in [5.74, 6) is 1.59. The average molecular weight is 407 g/mol. The number of rotatable bonds is 12. The van der Waals surface area contributed by atoms with E-state index in [0.29, 0.717) is 0 Å². The van der Waals surface area contributed by atoms with Crippen LogP contribution in [-0.4, -0.2) is 0 Å². The molecule has 2 atom stereocenters. The molecule has 0 nitrogen and oxygen atoms in total. The molecule has 142 valence electrons. The molecule has 0 saturated heterocycles. The van der Waals surface area contributed by atoms with E-state index in [1.54, 1.807) is 0 Å². The van der Waals surface area contributed by atoms with E-state index in [2.05, 4.69) is 67.3 Å². The molecule has 0 N–H and O–H groups in total. The van der Waals surface area contributed by atoms with Crippen molar-refractivity contribution < 1.29 is 0 Å². The summed E-state index contributed by atoms with van der Waals surface area (Å²) >= 11 is 3.61. The van der Waals surface area contributed by atoms with Crippen molar-refractivity contribution in [2.45, 2.75) is 91.9 Å². The van der Waals surface area contributed by atoms with Gasteiger partial charge in [-0.05, 0) is 51.2 Å². The second-order valence-electron chi connectivity index (χ2n) is 7.67. The summed E-state index contributed by atoms with van der Waals surface area (Å²) in [6.07, 6.45) is 12.9. The van der Waals surface area contributed by atoms with Gasteiger partial charge in [0.2, 0.25) is 0 Å². The predicted octanol–water partition coefficient (Wildman–Crippen LogP) is 6.75. The van der Waals surface area contributed by atoms with Gasteiger partial charge in [0.15, 0.2) is 0 Å². The van der Waals surface area contributed by atoms with Gasteiger partial charge < -0.3 is 0 Å². The Balaban J connectivity index is 2.97. The number of halogens is 1. The van der Waals surface area contributed by atoms with Gasteiger partial charge in [0.05, 0.1) is 0 Å². The van der Waals surface area contributed by atoms with E-state index in [9.17, 15) is 0 Å². The lowest BCUT2D eigenvalue weighted by molar-refractivity contribution is 0.445. The molecule has 1 rings (SSSR count). The van der Waals surface area contributed by atoms with Crippen LogP contribution in [0.2, 0.25) is 0 Å². The summed E-state index contributed by atoms with van der Waals surface area (Å²) in [6, 6.07) is 4.76. The molecule has 1 aromatic rings. The third-order valence-electron chi connectivity index (χ3n) is 5.68. The van der Waals surface area contributed by atoms with Crippen LogP contribution in [0.3, 0.4) is 0 Å². The van der Waals surface area contributed by atoms with Crippen LogP contribution in [0, 0.1) is 11.8 Å². The molecule has 0 aliphatic carbocycles. The fraction of sp³-hybridized carbons (Fsp3) is 0.667. The molecular weight excluding hydrogens is 368 g/mol. The lowest BCUT2D eigenvalue weighted by atomic mass is 9.88. The Kier molecular flexibility index (Phi) is 11.5. The molecule has 0 saturated carbocycles. The van der Waals surface area contributed by atoms with Crippen molar-refractivity contribution in [1.82, 2.24) is 0 Å². The van der Waals surface area contributed by atoms with E-state index in [-0.39, 0.29) is 0 Å². The molecular formula is C24H39Br. The zero-order valence-electron chi connectivity index (χ0n) is 17.0. The summed E-state index contributed by atoms with van der Waals surface area (Å²) in [6.45, 7) is 13.6. The van der Waals surface area contributed by atoms with Crippen LogP contribution in [0.4, 0.5) is 0 Å². The first-order valence-electron chi connectivity index (χ1n) is 10.5. The van der Waals surface area contributed by atoms with Crippen molar-refractivity contribution >= 4 is 27.5 Å². The first-order chi connectivity index (χ1) is 12.1. The number of hydrogen-bond donors (Lipinski definition) is 0. The van der Waals surface area contributed by atoms with Crippen molar-refractivity contribution in [3.8, 4) is 0 Å². The standard InChI is InChI=1S/C24H39Br/c1-6-10-12-20(8-3)15-22-17-24(18-25)23(14-19(22)5)16-21(9-4)13-11-7-2/h14,17-18,20-21H,5-13,15-16H2,1-4H3/b24-18+. The maximum atomic E-state index is 4.39. The molecule has 0 aliphatic rings. The van der Waals surface area contributed by atoms with Gasteiger partial charge in [-0.2, -0.15) is 0 Å². The van der Waals surface area contributed by atoms with Crippen LogP contribution in [-0.2, 0) is 12.8 Å². The Morgan fingerprint density at radius 2 is 1.40 bits per heavy atom. The lowest BCUT2D eigenvalue weighted by Gasteiger charge is -2.18. The highest BCUT2D eigenvalue weighted by molar-refractivity contribution is 9.14. The maximum Gasteiger partial charge on any atom is -0.0113 e. The van der Waals surface area contributed by atoms with E-state index < -0.39 is 0 Å². The number of hydrogen-bond acceptors (Lipinski definition) is 0. The highest BCUT2D eigenvalue weighted by Gasteiger charge is 2.12. The largest absolute Gasteiger partial charge is 0.0915 e. The lowest BCUT2D eigenvalue weighted by Crippen LogP contribution is -2.22. The number of benzene rings is 1. The quantitative estimate of drug-likeness (QED) is 0.360. The highest BCUT2D eigenvalue weighted by atomic mass is 79.9. The molecule has 1 aromatic carbocycles. The first-order valence-corrected chi connectivity index (χ1v) is 11.4. The fourth-order valence-electron chi connectivity index (χ4n) is 3.74. The van der Waals surface area contributed by atoms with E-state index in [1.807, 2.05) is 0 Å². The Morgan fingerprint density at radius 3 is 1.84 bits per heavy atom. The van der Waals surface area contributed by atoms with Crippen LogP contribution in [0.5, 0.6) is 0 Å². The van der Waals surface area contributed by atoms with Crippen LogP contribution in [0.15, 0.2) is 12.1 Å². The van der Waals surface area contributed by atoms with Gasteiger partial charge >= 0.3 is 0 Å². The summed E-state index contributed by atoms with van der Waals surface area (Å²) in [4.78, 5) is 2.12. The monoisotopic (exact) mass is 406 g/mol. The van der Waals surface area contributed by atoms with E-state index in [4.69, 9.17) is 0 Å². The molecule has 2 unspecified atom stereocenters. The van der Waals surface area contributed by atoms with E-state index in [1.165, 1.54) is 85.8 Å². The minimum Gasteiger partial charge on any atom is -0.0915 e. The van der Waals surface area contributed by atoms with E-state index >= 15 is 0 Å². The van der Waals surface area contributed by atoms with Crippen LogP contribution in [0.25, 0.3) is 11.6 Å².